The van der Waals surface area contributed by atoms with Crippen molar-refractivity contribution in [2.45, 2.75) is 51.6 Å². The SMILES string of the molecule is COc1cccc(C(=O)N2[C@H]3CCC[C@@H]2c2nn(C)c(-c4cc(C)nn4C)c2C3)c1C. The second-order valence-corrected chi connectivity index (χ2v) is 8.78. The fraction of sp³-hybridized carbons (Fsp3) is 0.458. The summed E-state index contributed by atoms with van der Waals surface area (Å²) in [5.74, 6) is 0.834. The first-order valence-electron chi connectivity index (χ1n) is 10.9. The highest BCUT2D eigenvalue weighted by atomic mass is 16.5. The minimum absolute atomic E-state index is 0.00914. The van der Waals surface area contributed by atoms with Gasteiger partial charge in [0.25, 0.3) is 5.91 Å². The molecule has 2 bridgehead atoms. The standard InChI is InChI=1S/C24H29N5O2/c1-14-12-20(27(3)25-14)23-18-13-16-8-6-10-19(22(18)26-28(23)4)29(16)24(30)17-9-7-11-21(31-5)15(17)2/h7,9,11-12,16,19H,6,8,10,13H2,1-5H3/t16-,19+/m0/s1. The number of aryl methyl sites for hydroxylation is 3. The van der Waals surface area contributed by atoms with Gasteiger partial charge in [-0.2, -0.15) is 10.2 Å². The summed E-state index contributed by atoms with van der Waals surface area (Å²) >= 11 is 0. The minimum Gasteiger partial charge on any atom is -0.496 e. The molecule has 0 radical (unpaired) electrons. The van der Waals surface area contributed by atoms with Gasteiger partial charge in [-0.3, -0.25) is 14.2 Å². The summed E-state index contributed by atoms with van der Waals surface area (Å²) < 4.78 is 9.36. The van der Waals surface area contributed by atoms with Crippen molar-refractivity contribution in [1.29, 1.82) is 0 Å². The summed E-state index contributed by atoms with van der Waals surface area (Å²) in [5, 5.41) is 9.48. The molecule has 2 aliphatic rings. The molecule has 0 aliphatic carbocycles. The molecule has 1 saturated heterocycles. The molecule has 2 aromatic heterocycles. The molecule has 162 valence electrons. The maximum atomic E-state index is 13.8. The zero-order valence-electron chi connectivity index (χ0n) is 18.8. The fourth-order valence-electron chi connectivity index (χ4n) is 5.51. The molecule has 7 nitrogen and oxygen atoms in total. The Kier molecular flexibility index (Phi) is 4.64. The minimum atomic E-state index is 0.00914. The van der Waals surface area contributed by atoms with E-state index >= 15 is 0 Å². The van der Waals surface area contributed by atoms with Crippen molar-refractivity contribution < 1.29 is 9.53 Å². The molecule has 2 atom stereocenters. The highest BCUT2D eigenvalue weighted by Gasteiger charge is 2.44. The Bertz CT molecular complexity index is 1180. The van der Waals surface area contributed by atoms with E-state index in [1.807, 2.05) is 55.5 Å². The molecular weight excluding hydrogens is 390 g/mol. The van der Waals surface area contributed by atoms with Crippen LogP contribution in [0.25, 0.3) is 11.4 Å². The largest absolute Gasteiger partial charge is 0.496 e. The highest BCUT2D eigenvalue weighted by Crippen LogP contribution is 2.45. The van der Waals surface area contributed by atoms with E-state index in [4.69, 9.17) is 9.84 Å². The van der Waals surface area contributed by atoms with Crippen molar-refractivity contribution in [3.8, 4) is 17.1 Å². The van der Waals surface area contributed by atoms with Crippen LogP contribution in [0.3, 0.4) is 0 Å². The van der Waals surface area contributed by atoms with Crippen LogP contribution < -0.4 is 4.74 Å². The van der Waals surface area contributed by atoms with Crippen LogP contribution in [0.4, 0.5) is 0 Å². The van der Waals surface area contributed by atoms with Crippen LogP contribution in [0.1, 0.15) is 58.2 Å². The van der Waals surface area contributed by atoms with Crippen LogP contribution in [0.2, 0.25) is 0 Å². The fourth-order valence-corrected chi connectivity index (χ4v) is 5.51. The normalized spacial score (nSPS) is 20.0. The summed E-state index contributed by atoms with van der Waals surface area (Å²) in [6, 6.07) is 8.02. The average molecular weight is 420 g/mol. The number of hydrogen-bond donors (Lipinski definition) is 0. The highest BCUT2D eigenvalue weighted by molar-refractivity contribution is 5.97. The van der Waals surface area contributed by atoms with Gasteiger partial charge in [0.2, 0.25) is 0 Å². The van der Waals surface area contributed by atoms with Crippen molar-refractivity contribution >= 4 is 5.91 Å². The van der Waals surface area contributed by atoms with Crippen molar-refractivity contribution in [3.05, 3.63) is 52.3 Å². The lowest BCUT2D eigenvalue weighted by molar-refractivity contribution is 0.0390. The molecule has 4 heterocycles. The zero-order chi connectivity index (χ0) is 21.9. The van der Waals surface area contributed by atoms with E-state index in [9.17, 15) is 4.79 Å². The molecule has 1 amide bonds. The van der Waals surface area contributed by atoms with Gasteiger partial charge in [0.05, 0.1) is 35.9 Å². The van der Waals surface area contributed by atoms with Gasteiger partial charge in [-0.1, -0.05) is 6.07 Å². The molecule has 0 unspecified atom stereocenters. The maximum absolute atomic E-state index is 13.8. The third kappa shape index (κ3) is 2.98. The van der Waals surface area contributed by atoms with E-state index < -0.39 is 0 Å². The van der Waals surface area contributed by atoms with Gasteiger partial charge >= 0.3 is 0 Å². The number of carbonyl (C=O) groups excluding carboxylic acids is 1. The number of piperidine rings is 1. The number of aromatic nitrogens is 4. The molecule has 0 saturated carbocycles. The van der Waals surface area contributed by atoms with Crippen LogP contribution in [-0.4, -0.2) is 43.5 Å². The lowest BCUT2D eigenvalue weighted by Gasteiger charge is -2.45. The van der Waals surface area contributed by atoms with Crippen molar-refractivity contribution in [2.24, 2.45) is 14.1 Å². The maximum Gasteiger partial charge on any atom is 0.255 e. The molecule has 2 aliphatic heterocycles. The molecule has 0 spiro atoms. The van der Waals surface area contributed by atoms with Crippen LogP contribution in [-0.2, 0) is 20.5 Å². The number of rotatable bonds is 3. The first kappa shape index (κ1) is 19.8. The van der Waals surface area contributed by atoms with E-state index in [0.29, 0.717) is 0 Å². The second kappa shape index (κ2) is 7.25. The topological polar surface area (TPSA) is 65.2 Å². The van der Waals surface area contributed by atoms with Gasteiger partial charge < -0.3 is 9.64 Å². The summed E-state index contributed by atoms with van der Waals surface area (Å²) in [5.41, 5.74) is 7.13. The number of ether oxygens (including phenoxy) is 1. The summed E-state index contributed by atoms with van der Waals surface area (Å²) in [6.45, 7) is 3.97. The number of hydrogen-bond acceptors (Lipinski definition) is 4. The molecule has 1 aromatic carbocycles. The number of methoxy groups -OCH3 is 1. The Morgan fingerprint density at radius 3 is 2.65 bits per heavy atom. The number of benzene rings is 1. The van der Waals surface area contributed by atoms with Gasteiger partial charge in [0, 0.05) is 36.8 Å². The molecular formula is C24H29N5O2. The van der Waals surface area contributed by atoms with Crippen molar-refractivity contribution in [3.63, 3.8) is 0 Å². The van der Waals surface area contributed by atoms with Gasteiger partial charge in [0.15, 0.2) is 0 Å². The summed E-state index contributed by atoms with van der Waals surface area (Å²) in [7, 11) is 5.62. The van der Waals surface area contributed by atoms with Gasteiger partial charge in [0.1, 0.15) is 5.75 Å². The Hall–Kier alpha value is -3.09. The van der Waals surface area contributed by atoms with Crippen LogP contribution in [0.5, 0.6) is 5.75 Å². The predicted molar refractivity (Wildman–Crippen MR) is 118 cm³/mol. The first-order chi connectivity index (χ1) is 14.9. The lowest BCUT2D eigenvalue weighted by atomic mass is 9.81. The smallest absolute Gasteiger partial charge is 0.255 e. The Balaban J connectivity index is 1.59. The third-order valence-electron chi connectivity index (χ3n) is 6.89. The number of amides is 1. The Labute approximate surface area is 182 Å². The van der Waals surface area contributed by atoms with E-state index in [0.717, 1.165) is 65.3 Å². The molecule has 3 aromatic rings. The zero-order valence-corrected chi connectivity index (χ0v) is 18.8. The summed E-state index contributed by atoms with van der Waals surface area (Å²) in [4.78, 5) is 15.8. The lowest BCUT2D eigenvalue weighted by Crippen LogP contribution is -2.50. The van der Waals surface area contributed by atoms with E-state index in [1.165, 1.54) is 5.56 Å². The molecule has 5 rings (SSSR count). The number of carbonyl (C=O) groups is 1. The van der Waals surface area contributed by atoms with Gasteiger partial charge in [-0.15, -0.1) is 0 Å². The quantitative estimate of drug-likeness (QED) is 0.649. The average Bonchev–Trinajstić information content (AvgIpc) is 3.24. The monoisotopic (exact) mass is 419 g/mol. The number of nitrogens with zero attached hydrogens (tertiary/aromatic N) is 5. The van der Waals surface area contributed by atoms with Crippen molar-refractivity contribution in [2.75, 3.05) is 7.11 Å². The van der Waals surface area contributed by atoms with E-state index in [2.05, 4.69) is 16.1 Å². The Morgan fingerprint density at radius 2 is 1.94 bits per heavy atom. The van der Waals surface area contributed by atoms with E-state index in [-0.39, 0.29) is 18.0 Å². The Morgan fingerprint density at radius 1 is 1.13 bits per heavy atom. The van der Waals surface area contributed by atoms with Gasteiger partial charge in [-0.05, 0) is 57.7 Å². The van der Waals surface area contributed by atoms with E-state index in [1.54, 1.807) is 7.11 Å². The van der Waals surface area contributed by atoms with Crippen LogP contribution in [0.15, 0.2) is 24.3 Å². The van der Waals surface area contributed by atoms with Crippen LogP contribution >= 0.6 is 0 Å². The van der Waals surface area contributed by atoms with Crippen molar-refractivity contribution in [1.82, 2.24) is 24.5 Å². The number of fused-ring (bicyclic) bond motifs is 4. The molecule has 7 heteroatoms. The molecule has 1 fully saturated rings. The third-order valence-corrected chi connectivity index (χ3v) is 6.89. The van der Waals surface area contributed by atoms with Gasteiger partial charge in [-0.25, -0.2) is 0 Å². The predicted octanol–water partition coefficient (Wildman–Crippen LogP) is 3.74. The second-order valence-electron chi connectivity index (χ2n) is 8.78. The molecule has 31 heavy (non-hydrogen) atoms. The first-order valence-corrected chi connectivity index (χ1v) is 10.9. The molecule has 0 N–H and O–H groups in total. The van der Waals surface area contributed by atoms with Crippen LogP contribution in [0, 0.1) is 13.8 Å². The summed E-state index contributed by atoms with van der Waals surface area (Å²) in [6.07, 6.45) is 3.91.